The summed E-state index contributed by atoms with van der Waals surface area (Å²) in [5.41, 5.74) is 0. The van der Waals surface area contributed by atoms with Crippen LogP contribution >= 0.6 is 0 Å². The predicted molar refractivity (Wildman–Crippen MR) is 93.5 cm³/mol. The average molecular weight is 339 g/mol. The highest BCUT2D eigenvalue weighted by atomic mass is 16.3. The molecular weight excluding hydrogens is 306 g/mol. The van der Waals surface area contributed by atoms with E-state index < -0.39 is 6.10 Å². The summed E-state index contributed by atoms with van der Waals surface area (Å²) >= 11 is 0. The second-order valence-electron chi connectivity index (χ2n) is 7.12. The number of likely N-dealkylation sites (tertiary alicyclic amines) is 2. The van der Waals surface area contributed by atoms with Gasteiger partial charge in [0.25, 0.3) is 0 Å². The first-order chi connectivity index (χ1) is 11.6. The van der Waals surface area contributed by atoms with Crippen LogP contribution in [0.5, 0.6) is 0 Å². The Labute approximate surface area is 145 Å². The topological polar surface area (TPSA) is 72.9 Å². The highest BCUT2D eigenvalue weighted by Gasteiger charge is 2.27. The van der Waals surface area contributed by atoms with Crippen molar-refractivity contribution in [3.8, 4) is 0 Å². The lowest BCUT2D eigenvalue weighted by Crippen LogP contribution is -2.45. The third-order valence-electron chi connectivity index (χ3n) is 5.20. The van der Waals surface area contributed by atoms with Crippen LogP contribution in [0.15, 0.2) is 0 Å². The van der Waals surface area contributed by atoms with Gasteiger partial charge in [-0.05, 0) is 38.8 Å². The molecule has 0 saturated carbocycles. The van der Waals surface area contributed by atoms with Crippen LogP contribution in [-0.2, 0) is 9.59 Å². The van der Waals surface area contributed by atoms with Gasteiger partial charge in [-0.25, -0.2) is 0 Å². The third kappa shape index (κ3) is 6.06. The summed E-state index contributed by atoms with van der Waals surface area (Å²) in [6.07, 6.45) is 6.43. The zero-order valence-electron chi connectivity index (χ0n) is 15.0. The van der Waals surface area contributed by atoms with Crippen LogP contribution in [0.25, 0.3) is 0 Å². The fourth-order valence-corrected chi connectivity index (χ4v) is 3.66. The molecule has 0 aromatic heterocycles. The Kier molecular flexibility index (Phi) is 7.99. The summed E-state index contributed by atoms with van der Waals surface area (Å²) in [6, 6.07) is 0. The number of rotatable bonds is 6. The minimum absolute atomic E-state index is 0.0218. The van der Waals surface area contributed by atoms with E-state index in [9.17, 15) is 14.7 Å². The minimum atomic E-state index is -0.506. The van der Waals surface area contributed by atoms with E-state index in [0.29, 0.717) is 32.6 Å². The summed E-state index contributed by atoms with van der Waals surface area (Å²) in [4.78, 5) is 28.1. The molecule has 2 rings (SSSR count). The van der Waals surface area contributed by atoms with Gasteiger partial charge in [0.05, 0.1) is 6.10 Å². The summed E-state index contributed by atoms with van der Waals surface area (Å²) in [5, 5.41) is 13.1. The van der Waals surface area contributed by atoms with Crippen LogP contribution in [0.1, 0.15) is 51.9 Å². The molecule has 0 aromatic carbocycles. The lowest BCUT2D eigenvalue weighted by Gasteiger charge is -2.31. The minimum Gasteiger partial charge on any atom is -0.390 e. The van der Waals surface area contributed by atoms with E-state index in [4.69, 9.17) is 0 Å². The highest BCUT2D eigenvalue weighted by molar-refractivity contribution is 5.80. The predicted octanol–water partition coefficient (Wildman–Crippen LogP) is 0.988. The Bertz CT molecular complexity index is 400. The van der Waals surface area contributed by atoms with Gasteiger partial charge >= 0.3 is 0 Å². The standard InChI is InChI=1S/C18H33N3O3/c1-2-17(23)21-11-7-15(8-12-21)18(24)19-13-16(22)14-20-9-5-3-4-6-10-20/h15-16,22H,2-14H2,1H3,(H,19,24). The maximum atomic E-state index is 12.3. The molecule has 0 bridgehead atoms. The van der Waals surface area contributed by atoms with Crippen molar-refractivity contribution in [3.05, 3.63) is 0 Å². The van der Waals surface area contributed by atoms with Gasteiger partial charge in [0, 0.05) is 38.5 Å². The van der Waals surface area contributed by atoms with Gasteiger partial charge in [-0.3, -0.25) is 9.59 Å². The Morgan fingerprint density at radius 2 is 1.71 bits per heavy atom. The summed E-state index contributed by atoms with van der Waals surface area (Å²) in [5.74, 6) is 0.159. The number of carbonyl (C=O) groups excluding carboxylic acids is 2. The quantitative estimate of drug-likeness (QED) is 0.757. The van der Waals surface area contributed by atoms with Crippen molar-refractivity contribution in [2.24, 2.45) is 5.92 Å². The molecule has 6 heteroatoms. The van der Waals surface area contributed by atoms with Crippen molar-refractivity contribution in [1.82, 2.24) is 15.1 Å². The van der Waals surface area contributed by atoms with Crippen molar-refractivity contribution in [2.45, 2.75) is 58.0 Å². The van der Waals surface area contributed by atoms with Crippen LogP contribution in [0, 0.1) is 5.92 Å². The van der Waals surface area contributed by atoms with Gasteiger partial charge in [0.2, 0.25) is 11.8 Å². The summed E-state index contributed by atoms with van der Waals surface area (Å²) < 4.78 is 0. The first-order valence-corrected chi connectivity index (χ1v) is 9.56. The second-order valence-corrected chi connectivity index (χ2v) is 7.12. The van der Waals surface area contributed by atoms with Crippen molar-refractivity contribution in [3.63, 3.8) is 0 Å². The van der Waals surface area contributed by atoms with Crippen LogP contribution in [-0.4, -0.2) is 72.1 Å². The van der Waals surface area contributed by atoms with Crippen LogP contribution in [0.3, 0.4) is 0 Å². The van der Waals surface area contributed by atoms with E-state index in [-0.39, 0.29) is 17.7 Å². The lowest BCUT2D eigenvalue weighted by molar-refractivity contribution is -0.135. The summed E-state index contributed by atoms with van der Waals surface area (Å²) in [6.45, 7) is 6.27. The number of amides is 2. The van der Waals surface area contributed by atoms with Crippen molar-refractivity contribution >= 4 is 11.8 Å². The normalized spacial score (nSPS) is 22.0. The largest absolute Gasteiger partial charge is 0.390 e. The van der Waals surface area contributed by atoms with Gasteiger partial charge in [0.1, 0.15) is 0 Å². The molecule has 2 aliphatic rings. The molecular formula is C18H33N3O3. The van der Waals surface area contributed by atoms with Crippen LogP contribution < -0.4 is 5.32 Å². The Morgan fingerprint density at radius 1 is 1.08 bits per heavy atom. The second kappa shape index (κ2) is 9.99. The summed E-state index contributed by atoms with van der Waals surface area (Å²) in [7, 11) is 0. The number of hydrogen-bond donors (Lipinski definition) is 2. The van der Waals surface area contributed by atoms with Crippen LogP contribution in [0.2, 0.25) is 0 Å². The number of nitrogens with one attached hydrogen (secondary N) is 1. The van der Waals surface area contributed by atoms with Gasteiger partial charge in [0.15, 0.2) is 0 Å². The van der Waals surface area contributed by atoms with Gasteiger partial charge in [-0.15, -0.1) is 0 Å². The van der Waals surface area contributed by atoms with Gasteiger partial charge in [-0.2, -0.15) is 0 Å². The monoisotopic (exact) mass is 339 g/mol. The van der Waals surface area contributed by atoms with E-state index in [1.807, 2.05) is 11.8 Å². The molecule has 1 unspecified atom stereocenters. The number of aliphatic hydroxyl groups is 1. The first kappa shape index (κ1) is 19.2. The number of hydrogen-bond acceptors (Lipinski definition) is 4. The number of aliphatic hydroxyl groups excluding tert-OH is 1. The van der Waals surface area contributed by atoms with E-state index in [2.05, 4.69) is 10.2 Å². The van der Waals surface area contributed by atoms with Crippen molar-refractivity contribution in [2.75, 3.05) is 39.3 Å². The molecule has 2 heterocycles. The Balaban J connectivity index is 1.64. The molecule has 2 amide bonds. The Morgan fingerprint density at radius 3 is 2.29 bits per heavy atom. The van der Waals surface area contributed by atoms with Gasteiger partial charge in [-0.1, -0.05) is 19.8 Å². The maximum absolute atomic E-state index is 12.3. The molecule has 2 fully saturated rings. The lowest BCUT2D eigenvalue weighted by atomic mass is 9.95. The number of piperidine rings is 1. The molecule has 6 nitrogen and oxygen atoms in total. The molecule has 2 N–H and O–H groups in total. The fraction of sp³-hybridized carbons (Fsp3) is 0.889. The number of nitrogens with zero attached hydrogens (tertiary/aromatic N) is 2. The van der Waals surface area contributed by atoms with Crippen LogP contribution in [0.4, 0.5) is 0 Å². The third-order valence-corrected chi connectivity index (χ3v) is 5.20. The molecule has 0 aromatic rings. The number of carbonyl (C=O) groups is 2. The van der Waals surface area contributed by atoms with E-state index in [1.165, 1.54) is 25.7 Å². The Hall–Kier alpha value is -1.14. The molecule has 2 aliphatic heterocycles. The van der Waals surface area contributed by atoms with E-state index >= 15 is 0 Å². The fourth-order valence-electron chi connectivity index (χ4n) is 3.66. The van der Waals surface area contributed by atoms with Crippen molar-refractivity contribution in [1.29, 1.82) is 0 Å². The molecule has 24 heavy (non-hydrogen) atoms. The molecule has 1 atom stereocenters. The number of β-amino-alcohol motifs (C(OH)–C–C–N with tert-alkyl or cyclic N) is 1. The molecule has 0 spiro atoms. The molecule has 2 saturated heterocycles. The SMILES string of the molecule is CCC(=O)N1CCC(C(=O)NCC(O)CN2CCCCCC2)CC1. The highest BCUT2D eigenvalue weighted by Crippen LogP contribution is 2.18. The molecule has 138 valence electrons. The van der Waals surface area contributed by atoms with E-state index in [1.54, 1.807) is 0 Å². The van der Waals surface area contributed by atoms with E-state index in [0.717, 1.165) is 25.9 Å². The zero-order valence-corrected chi connectivity index (χ0v) is 15.0. The molecule has 0 aliphatic carbocycles. The van der Waals surface area contributed by atoms with Gasteiger partial charge < -0.3 is 20.2 Å². The molecule has 0 radical (unpaired) electrons. The zero-order chi connectivity index (χ0) is 17.4. The first-order valence-electron chi connectivity index (χ1n) is 9.56. The van der Waals surface area contributed by atoms with Crippen molar-refractivity contribution < 1.29 is 14.7 Å². The maximum Gasteiger partial charge on any atom is 0.223 e. The average Bonchev–Trinajstić information content (AvgIpc) is 2.87. The smallest absolute Gasteiger partial charge is 0.223 e.